The normalized spacial score (nSPS) is 27.8. The summed E-state index contributed by atoms with van der Waals surface area (Å²) in [5.74, 6) is -2.69. The largest absolute Gasteiger partial charge is 0.473 e. The third-order valence-electron chi connectivity index (χ3n) is 3.49. The Morgan fingerprint density at radius 1 is 1.30 bits per heavy atom. The number of carboxylic acid groups (broad SMARTS) is 2. The second kappa shape index (κ2) is 7.45. The number of piperidine rings is 3. The third kappa shape index (κ3) is 4.20. The van der Waals surface area contributed by atoms with Crippen LogP contribution in [0.5, 0.6) is 0 Å². The van der Waals surface area contributed by atoms with Gasteiger partial charge in [-0.1, -0.05) is 5.16 Å². The molecule has 8 heteroatoms. The van der Waals surface area contributed by atoms with Gasteiger partial charge in [0.2, 0.25) is 0 Å². The molecule has 0 spiro atoms. The smallest absolute Gasteiger partial charge is 0.414 e. The number of hydrogen-bond acceptors (Lipinski definition) is 6. The molecule has 20 heavy (non-hydrogen) atoms. The summed E-state index contributed by atoms with van der Waals surface area (Å²) in [6.07, 6.45) is 2.41. The van der Waals surface area contributed by atoms with Crippen molar-refractivity contribution in [1.82, 2.24) is 4.90 Å². The molecule has 1 unspecified atom stereocenters. The highest BCUT2D eigenvalue weighted by Gasteiger charge is 2.37. The van der Waals surface area contributed by atoms with Crippen LogP contribution >= 0.6 is 0 Å². The Bertz CT molecular complexity index is 423. The molecule has 0 aromatic rings. The summed E-state index contributed by atoms with van der Waals surface area (Å²) in [4.78, 5) is 25.3. The highest BCUT2D eigenvalue weighted by molar-refractivity contribution is 6.27. The molecular weight excluding hydrogens is 266 g/mol. The average Bonchev–Trinajstić information content (AvgIpc) is 2.46. The van der Waals surface area contributed by atoms with E-state index in [1.54, 1.807) is 0 Å². The minimum Gasteiger partial charge on any atom is -0.473 e. The van der Waals surface area contributed by atoms with E-state index < -0.39 is 11.9 Å². The van der Waals surface area contributed by atoms with Crippen LogP contribution in [0.2, 0.25) is 0 Å². The molecule has 110 valence electrons. The molecule has 3 saturated heterocycles. The summed E-state index contributed by atoms with van der Waals surface area (Å²) in [6.45, 7) is 3.36. The molecule has 0 aromatic carbocycles. The molecule has 1 atom stereocenters. The van der Waals surface area contributed by atoms with Gasteiger partial charge >= 0.3 is 11.9 Å². The number of carbonyl (C=O) groups is 2. The first-order valence-corrected chi connectivity index (χ1v) is 6.19. The van der Waals surface area contributed by atoms with Crippen LogP contribution in [0, 0.1) is 23.2 Å². The second-order valence-electron chi connectivity index (χ2n) is 4.63. The molecule has 3 rings (SSSR count). The molecule has 2 bridgehead atoms. The summed E-state index contributed by atoms with van der Waals surface area (Å²) < 4.78 is 0. The molecular formula is C12H17N3O5. The number of nitriles is 1. The molecule has 3 heterocycles. The van der Waals surface area contributed by atoms with E-state index in [1.165, 1.54) is 33.0 Å². The van der Waals surface area contributed by atoms with Crippen LogP contribution in [-0.2, 0) is 14.4 Å². The number of aliphatic carboxylic acids is 2. The number of hydrogen-bond donors (Lipinski definition) is 2. The fraction of sp³-hybridized carbons (Fsp3) is 0.667. The van der Waals surface area contributed by atoms with E-state index in [9.17, 15) is 0 Å². The molecule has 8 nitrogen and oxygen atoms in total. The van der Waals surface area contributed by atoms with Crippen molar-refractivity contribution in [3.8, 4) is 6.07 Å². The maximum atomic E-state index is 9.10. The first-order valence-electron chi connectivity index (χ1n) is 6.19. The van der Waals surface area contributed by atoms with Gasteiger partial charge in [0.25, 0.3) is 0 Å². The number of nitrogens with zero attached hydrogens (tertiary/aromatic N) is 3. The van der Waals surface area contributed by atoms with Crippen LogP contribution in [-0.4, -0.2) is 59.5 Å². The number of fused-ring (bicyclic) bond motifs is 3. The molecule has 0 aromatic heterocycles. The lowest BCUT2D eigenvalue weighted by molar-refractivity contribution is -0.159. The van der Waals surface area contributed by atoms with E-state index in [0.29, 0.717) is 17.5 Å². The van der Waals surface area contributed by atoms with E-state index in [2.05, 4.69) is 16.1 Å². The Hall–Kier alpha value is -2.14. The summed E-state index contributed by atoms with van der Waals surface area (Å²) >= 11 is 0. The predicted octanol–water partition coefficient (Wildman–Crippen LogP) is 0.00978. The SMILES string of the molecule is CO/N=C(/C#N)C1CN2CCC1CC2.O=C(O)C(=O)O. The zero-order chi connectivity index (χ0) is 15.1. The first kappa shape index (κ1) is 15.9. The van der Waals surface area contributed by atoms with Gasteiger partial charge in [-0.2, -0.15) is 5.26 Å². The van der Waals surface area contributed by atoms with Crippen LogP contribution in [0.1, 0.15) is 12.8 Å². The van der Waals surface area contributed by atoms with Crippen molar-refractivity contribution in [2.45, 2.75) is 12.8 Å². The zero-order valence-electron chi connectivity index (χ0n) is 11.2. The van der Waals surface area contributed by atoms with Gasteiger partial charge in [-0.15, -0.1) is 0 Å². The first-order chi connectivity index (χ1) is 9.49. The van der Waals surface area contributed by atoms with E-state index >= 15 is 0 Å². The maximum absolute atomic E-state index is 9.10. The predicted molar refractivity (Wildman–Crippen MR) is 68.0 cm³/mol. The van der Waals surface area contributed by atoms with Crippen LogP contribution < -0.4 is 0 Å². The molecule has 3 aliphatic rings. The number of oxime groups is 1. The summed E-state index contributed by atoms with van der Waals surface area (Å²) in [6, 6.07) is 2.16. The Kier molecular flexibility index (Phi) is 5.93. The highest BCUT2D eigenvalue weighted by atomic mass is 16.6. The topological polar surface area (TPSA) is 123 Å². The summed E-state index contributed by atoms with van der Waals surface area (Å²) in [5.41, 5.74) is 0.571. The molecule has 3 aliphatic heterocycles. The van der Waals surface area contributed by atoms with Crippen molar-refractivity contribution in [2.24, 2.45) is 17.0 Å². The molecule has 2 N–H and O–H groups in total. The number of rotatable bonds is 2. The molecule has 0 aliphatic carbocycles. The molecule has 0 radical (unpaired) electrons. The van der Waals surface area contributed by atoms with Crippen LogP contribution in [0.4, 0.5) is 0 Å². The van der Waals surface area contributed by atoms with Crippen molar-refractivity contribution >= 4 is 17.7 Å². The second-order valence-corrected chi connectivity index (χ2v) is 4.63. The van der Waals surface area contributed by atoms with Gasteiger partial charge in [0.05, 0.1) is 0 Å². The Labute approximate surface area is 116 Å². The van der Waals surface area contributed by atoms with Crippen LogP contribution in [0.15, 0.2) is 5.16 Å². The minimum absolute atomic E-state index is 0.308. The standard InChI is InChI=1S/C10H15N3O.C2H2O4/c1-14-12-10(6-11)9-7-13-4-2-8(9)3-5-13;3-1(4)2(5)6/h8-9H,2-5,7H2,1H3;(H,3,4)(H,5,6)/b12-10-;. The van der Waals surface area contributed by atoms with Gasteiger partial charge in [-0.25, -0.2) is 9.59 Å². The number of carboxylic acids is 2. The zero-order valence-corrected chi connectivity index (χ0v) is 11.2. The molecule has 0 amide bonds. The lowest BCUT2D eigenvalue weighted by Gasteiger charge is -2.43. The van der Waals surface area contributed by atoms with Crippen molar-refractivity contribution in [1.29, 1.82) is 5.26 Å². The van der Waals surface area contributed by atoms with E-state index in [-0.39, 0.29) is 0 Å². The molecule has 3 fully saturated rings. The van der Waals surface area contributed by atoms with E-state index in [0.717, 1.165) is 6.54 Å². The Morgan fingerprint density at radius 2 is 1.85 bits per heavy atom. The molecule has 0 saturated carbocycles. The monoisotopic (exact) mass is 283 g/mol. The minimum atomic E-state index is -1.82. The third-order valence-corrected chi connectivity index (χ3v) is 3.49. The Balaban J connectivity index is 0.000000286. The van der Waals surface area contributed by atoms with Crippen molar-refractivity contribution < 1.29 is 24.6 Å². The van der Waals surface area contributed by atoms with Gasteiger partial charge in [-0.05, 0) is 31.8 Å². The highest BCUT2D eigenvalue weighted by Crippen LogP contribution is 2.33. The van der Waals surface area contributed by atoms with E-state index in [4.69, 9.17) is 29.9 Å². The van der Waals surface area contributed by atoms with Gasteiger partial charge in [0.1, 0.15) is 13.2 Å². The van der Waals surface area contributed by atoms with Crippen molar-refractivity contribution in [3.05, 3.63) is 0 Å². The van der Waals surface area contributed by atoms with Crippen molar-refractivity contribution in [2.75, 3.05) is 26.7 Å². The summed E-state index contributed by atoms with van der Waals surface area (Å²) in [7, 11) is 1.50. The average molecular weight is 283 g/mol. The quantitative estimate of drug-likeness (QED) is 0.415. The van der Waals surface area contributed by atoms with Gasteiger partial charge in [-0.3, -0.25) is 0 Å². The van der Waals surface area contributed by atoms with Crippen LogP contribution in [0.25, 0.3) is 0 Å². The fourth-order valence-corrected chi connectivity index (χ4v) is 2.54. The fourth-order valence-electron chi connectivity index (χ4n) is 2.54. The van der Waals surface area contributed by atoms with E-state index in [1.807, 2.05) is 0 Å². The Morgan fingerprint density at radius 3 is 2.15 bits per heavy atom. The van der Waals surface area contributed by atoms with Crippen molar-refractivity contribution in [3.63, 3.8) is 0 Å². The van der Waals surface area contributed by atoms with Gasteiger partial charge in [0.15, 0.2) is 5.71 Å². The maximum Gasteiger partial charge on any atom is 0.414 e. The van der Waals surface area contributed by atoms with Crippen LogP contribution in [0.3, 0.4) is 0 Å². The summed E-state index contributed by atoms with van der Waals surface area (Å²) in [5, 5.41) is 27.6. The lowest BCUT2D eigenvalue weighted by atomic mass is 9.77. The van der Waals surface area contributed by atoms with Gasteiger partial charge < -0.3 is 20.0 Å². The lowest BCUT2D eigenvalue weighted by Crippen LogP contribution is -2.49. The van der Waals surface area contributed by atoms with Gasteiger partial charge in [0, 0.05) is 12.5 Å².